The molecule has 3 nitrogen and oxygen atoms in total. The molecule has 0 spiro atoms. The van der Waals surface area contributed by atoms with Gasteiger partial charge in [0.25, 0.3) is 0 Å². The molecule has 14 heavy (non-hydrogen) atoms. The van der Waals surface area contributed by atoms with Crippen LogP contribution in [0.25, 0.3) is 11.3 Å². The van der Waals surface area contributed by atoms with Crippen molar-refractivity contribution in [2.45, 2.75) is 0 Å². The minimum Gasteiger partial charge on any atom is -0.312 e. The number of aromatic nitrogens is 2. The van der Waals surface area contributed by atoms with Gasteiger partial charge in [-0.05, 0) is 12.1 Å². The van der Waals surface area contributed by atoms with E-state index in [1.54, 1.807) is 0 Å². The van der Waals surface area contributed by atoms with Crippen LogP contribution in [0.1, 0.15) is 0 Å². The van der Waals surface area contributed by atoms with Gasteiger partial charge in [0.1, 0.15) is 11.6 Å². The molecule has 5 heteroatoms. The highest BCUT2D eigenvalue weighted by Gasteiger charge is 2.07. The number of halogens is 2. The van der Waals surface area contributed by atoms with Crippen LogP contribution in [0.15, 0.2) is 29.2 Å². The molecule has 0 unspecified atom stereocenters. The molecule has 2 rings (SSSR count). The van der Waals surface area contributed by atoms with E-state index in [1.807, 2.05) is 0 Å². The Kier molecular flexibility index (Phi) is 1.92. The van der Waals surface area contributed by atoms with Crippen LogP contribution in [0.3, 0.4) is 0 Å². The Balaban J connectivity index is 2.57. The molecule has 1 aromatic heterocycles. The van der Waals surface area contributed by atoms with Crippen LogP contribution in [-0.4, -0.2) is 9.97 Å². The number of imidazole rings is 1. The summed E-state index contributed by atoms with van der Waals surface area (Å²) in [5.41, 5.74) is 0.0287. The molecule has 0 fully saturated rings. The van der Waals surface area contributed by atoms with Gasteiger partial charge < -0.3 is 9.97 Å². The van der Waals surface area contributed by atoms with Crippen LogP contribution < -0.4 is 5.69 Å². The van der Waals surface area contributed by atoms with Gasteiger partial charge in [0, 0.05) is 17.8 Å². The number of hydrogen-bond acceptors (Lipinski definition) is 1. The van der Waals surface area contributed by atoms with Crippen molar-refractivity contribution in [3.63, 3.8) is 0 Å². The largest absolute Gasteiger partial charge is 0.323 e. The van der Waals surface area contributed by atoms with Crippen LogP contribution in [-0.2, 0) is 0 Å². The number of aromatic amines is 2. The fourth-order valence-electron chi connectivity index (χ4n) is 1.19. The number of nitrogens with one attached hydrogen (secondary N) is 2. The minimum absolute atomic E-state index is 0.157. The summed E-state index contributed by atoms with van der Waals surface area (Å²) >= 11 is 0. The molecule has 1 aromatic carbocycles. The zero-order valence-corrected chi connectivity index (χ0v) is 6.97. The molecule has 0 aliphatic carbocycles. The van der Waals surface area contributed by atoms with Crippen LogP contribution in [0.5, 0.6) is 0 Å². The fourth-order valence-corrected chi connectivity index (χ4v) is 1.19. The predicted octanol–water partition coefficient (Wildman–Crippen LogP) is 1.65. The first kappa shape index (κ1) is 8.68. The lowest BCUT2D eigenvalue weighted by Gasteiger charge is -1.98. The summed E-state index contributed by atoms with van der Waals surface area (Å²) in [7, 11) is 0. The second kappa shape index (κ2) is 3.10. The molecule has 72 valence electrons. The van der Waals surface area contributed by atoms with E-state index in [0.717, 1.165) is 12.1 Å². The van der Waals surface area contributed by atoms with Crippen molar-refractivity contribution in [2.75, 3.05) is 0 Å². The molecule has 1 heterocycles. The molecule has 0 aliphatic rings. The third kappa shape index (κ3) is 1.44. The van der Waals surface area contributed by atoms with E-state index in [-0.39, 0.29) is 5.56 Å². The van der Waals surface area contributed by atoms with Gasteiger partial charge >= 0.3 is 5.69 Å². The van der Waals surface area contributed by atoms with Gasteiger partial charge in [0.15, 0.2) is 0 Å². The summed E-state index contributed by atoms with van der Waals surface area (Å²) in [4.78, 5) is 15.5. The van der Waals surface area contributed by atoms with E-state index in [9.17, 15) is 13.6 Å². The van der Waals surface area contributed by atoms with E-state index in [1.165, 1.54) is 12.3 Å². The third-order valence-electron chi connectivity index (χ3n) is 1.82. The number of hydrogen-bond donors (Lipinski definition) is 2. The Morgan fingerprint density at radius 1 is 1.21 bits per heavy atom. The SMILES string of the molecule is O=c1[nH]cc(-c2ccc(F)cc2F)[nH]1. The van der Waals surface area contributed by atoms with Crippen molar-refractivity contribution in [2.24, 2.45) is 0 Å². The molecule has 0 aliphatic heterocycles. The number of rotatable bonds is 1. The highest BCUT2D eigenvalue weighted by molar-refractivity contribution is 5.58. The maximum atomic E-state index is 13.2. The van der Waals surface area contributed by atoms with E-state index < -0.39 is 17.3 Å². The van der Waals surface area contributed by atoms with Crippen molar-refractivity contribution in [3.05, 3.63) is 46.5 Å². The minimum atomic E-state index is -0.708. The van der Waals surface area contributed by atoms with Crippen molar-refractivity contribution in [1.82, 2.24) is 9.97 Å². The Hall–Kier alpha value is -1.91. The zero-order valence-electron chi connectivity index (χ0n) is 6.97. The third-order valence-corrected chi connectivity index (χ3v) is 1.82. The highest BCUT2D eigenvalue weighted by atomic mass is 19.1. The lowest BCUT2D eigenvalue weighted by Crippen LogP contribution is -2.00. The van der Waals surface area contributed by atoms with Crippen molar-refractivity contribution in [1.29, 1.82) is 0 Å². The van der Waals surface area contributed by atoms with Crippen LogP contribution in [0.4, 0.5) is 8.78 Å². The maximum Gasteiger partial charge on any atom is 0.323 e. The summed E-state index contributed by atoms with van der Waals surface area (Å²) in [5.74, 6) is -1.36. The second-order valence-electron chi connectivity index (χ2n) is 2.78. The molecule has 0 radical (unpaired) electrons. The summed E-state index contributed by atoms with van der Waals surface area (Å²) in [6, 6.07) is 3.16. The Bertz CT molecular complexity index is 516. The molecule has 0 amide bonds. The topological polar surface area (TPSA) is 48.6 Å². The molecule has 0 saturated heterocycles. The normalized spacial score (nSPS) is 10.4. The zero-order chi connectivity index (χ0) is 10.1. The smallest absolute Gasteiger partial charge is 0.312 e. The molecular weight excluding hydrogens is 190 g/mol. The molecule has 2 aromatic rings. The number of benzene rings is 1. The predicted molar refractivity (Wildman–Crippen MR) is 46.8 cm³/mol. The fraction of sp³-hybridized carbons (Fsp3) is 0. The average Bonchev–Trinajstić information content (AvgIpc) is 2.51. The second-order valence-corrected chi connectivity index (χ2v) is 2.78. The first-order valence-electron chi connectivity index (χ1n) is 3.90. The molecular formula is C9H6F2N2O. The molecule has 2 N–H and O–H groups in total. The van der Waals surface area contributed by atoms with Gasteiger partial charge in [-0.25, -0.2) is 13.6 Å². The van der Waals surface area contributed by atoms with Crippen molar-refractivity contribution >= 4 is 0 Å². The lowest BCUT2D eigenvalue weighted by molar-refractivity contribution is 0.585. The Morgan fingerprint density at radius 3 is 2.57 bits per heavy atom. The summed E-state index contributed by atoms with van der Waals surface area (Å²) in [6.45, 7) is 0. The van der Waals surface area contributed by atoms with Gasteiger partial charge in [-0.1, -0.05) is 0 Å². The van der Waals surface area contributed by atoms with E-state index in [0.29, 0.717) is 5.69 Å². The lowest BCUT2D eigenvalue weighted by atomic mass is 10.1. The monoisotopic (exact) mass is 196 g/mol. The summed E-state index contributed by atoms with van der Waals surface area (Å²) in [6.07, 6.45) is 1.33. The van der Waals surface area contributed by atoms with Gasteiger partial charge in [0.05, 0.1) is 5.69 Å². The van der Waals surface area contributed by atoms with Crippen molar-refractivity contribution < 1.29 is 8.78 Å². The van der Waals surface area contributed by atoms with E-state index in [2.05, 4.69) is 9.97 Å². The first-order valence-corrected chi connectivity index (χ1v) is 3.90. The van der Waals surface area contributed by atoms with Gasteiger partial charge in [0.2, 0.25) is 0 Å². The summed E-state index contributed by atoms with van der Waals surface area (Å²) < 4.78 is 25.7. The van der Waals surface area contributed by atoms with Gasteiger partial charge in [-0.15, -0.1) is 0 Å². The average molecular weight is 196 g/mol. The Morgan fingerprint density at radius 2 is 2.00 bits per heavy atom. The quantitative estimate of drug-likeness (QED) is 0.715. The van der Waals surface area contributed by atoms with Crippen molar-refractivity contribution in [3.8, 4) is 11.3 Å². The standard InChI is InChI=1S/C9H6F2N2O/c10-5-1-2-6(7(11)3-5)8-4-12-9(14)13-8/h1-4H,(H2,12,13,14). The molecule has 0 bridgehead atoms. The van der Waals surface area contributed by atoms with E-state index >= 15 is 0 Å². The van der Waals surface area contributed by atoms with Gasteiger partial charge in [-0.3, -0.25) is 0 Å². The summed E-state index contributed by atoms with van der Waals surface area (Å²) in [5, 5.41) is 0. The number of H-pyrrole nitrogens is 2. The molecule has 0 atom stereocenters. The van der Waals surface area contributed by atoms with Crippen LogP contribution >= 0.6 is 0 Å². The van der Waals surface area contributed by atoms with E-state index in [4.69, 9.17) is 0 Å². The van der Waals surface area contributed by atoms with Crippen LogP contribution in [0, 0.1) is 11.6 Å². The molecule has 0 saturated carbocycles. The Labute approximate surface area is 77.4 Å². The van der Waals surface area contributed by atoms with Crippen LogP contribution in [0.2, 0.25) is 0 Å². The first-order chi connectivity index (χ1) is 6.66. The maximum absolute atomic E-state index is 13.2. The highest BCUT2D eigenvalue weighted by Crippen LogP contribution is 2.19. The van der Waals surface area contributed by atoms with Gasteiger partial charge in [-0.2, -0.15) is 0 Å².